The number of halogens is 1. The Labute approximate surface area is 127 Å². The number of amides is 1. The topological polar surface area (TPSA) is 38.3 Å². The van der Waals surface area contributed by atoms with Gasteiger partial charge in [-0.2, -0.15) is 0 Å². The van der Waals surface area contributed by atoms with E-state index in [0.717, 1.165) is 15.8 Å². The first-order valence-electron chi connectivity index (χ1n) is 6.19. The van der Waals surface area contributed by atoms with Gasteiger partial charge in [0.05, 0.1) is 5.75 Å². The molecule has 0 unspecified atom stereocenters. The summed E-state index contributed by atoms with van der Waals surface area (Å²) in [5, 5.41) is 2.88. The molecular weight excluding hydrogens is 326 g/mol. The van der Waals surface area contributed by atoms with Crippen LogP contribution in [0.5, 0.6) is 0 Å². The van der Waals surface area contributed by atoms with Gasteiger partial charge in [0.2, 0.25) is 5.91 Å². The van der Waals surface area contributed by atoms with Crippen LogP contribution < -0.4 is 5.32 Å². The highest BCUT2D eigenvalue weighted by molar-refractivity contribution is 9.10. The molecule has 0 saturated heterocycles. The van der Waals surface area contributed by atoms with E-state index in [2.05, 4.69) is 47.2 Å². The Kier molecular flexibility index (Phi) is 7.49. The van der Waals surface area contributed by atoms with Crippen LogP contribution in [-0.4, -0.2) is 31.9 Å². The van der Waals surface area contributed by atoms with Crippen LogP contribution >= 0.6 is 27.7 Å². The molecule has 0 radical (unpaired) electrons. The zero-order chi connectivity index (χ0) is 14.3. The normalized spacial score (nSPS) is 10.5. The number of rotatable bonds is 7. The van der Waals surface area contributed by atoms with Crippen molar-refractivity contribution in [3.63, 3.8) is 0 Å². The molecule has 19 heavy (non-hydrogen) atoms. The van der Waals surface area contributed by atoms with E-state index in [-0.39, 0.29) is 5.91 Å². The molecule has 1 N–H and O–H groups in total. The molecule has 1 aromatic rings. The summed E-state index contributed by atoms with van der Waals surface area (Å²) in [6, 6.07) is 4.20. The molecule has 0 aliphatic rings. The third-order valence-corrected chi connectivity index (χ3v) is 4.67. The third kappa shape index (κ3) is 5.97. The maximum absolute atomic E-state index is 11.7. The number of methoxy groups -OCH3 is 1. The summed E-state index contributed by atoms with van der Waals surface area (Å²) in [6.45, 7) is 5.46. The second-order valence-corrected chi connectivity index (χ2v) is 6.22. The minimum atomic E-state index is 0.0704. The molecule has 3 nitrogen and oxygen atoms in total. The SMILES string of the molecule is COCCCNC(=O)CSc1cc(C)c(Br)cc1C. The predicted molar refractivity (Wildman–Crippen MR) is 83.8 cm³/mol. The van der Waals surface area contributed by atoms with Crippen molar-refractivity contribution in [1.82, 2.24) is 5.32 Å². The summed E-state index contributed by atoms with van der Waals surface area (Å²) in [6.07, 6.45) is 0.851. The number of thioether (sulfide) groups is 1. The third-order valence-electron chi connectivity index (χ3n) is 2.66. The maximum Gasteiger partial charge on any atom is 0.230 e. The Morgan fingerprint density at radius 1 is 1.37 bits per heavy atom. The number of ether oxygens (including phenoxy) is 1. The number of hydrogen-bond donors (Lipinski definition) is 1. The van der Waals surface area contributed by atoms with Gasteiger partial charge in [-0.25, -0.2) is 0 Å². The summed E-state index contributed by atoms with van der Waals surface area (Å²) < 4.78 is 6.04. The first kappa shape index (κ1) is 16.5. The van der Waals surface area contributed by atoms with Crippen molar-refractivity contribution >= 4 is 33.6 Å². The molecule has 1 amide bonds. The number of carbonyl (C=O) groups excluding carboxylic acids is 1. The Morgan fingerprint density at radius 2 is 2.11 bits per heavy atom. The van der Waals surface area contributed by atoms with Crippen molar-refractivity contribution in [2.24, 2.45) is 0 Å². The van der Waals surface area contributed by atoms with E-state index in [1.165, 1.54) is 11.1 Å². The molecular formula is C14H20BrNO2S. The fraction of sp³-hybridized carbons (Fsp3) is 0.500. The van der Waals surface area contributed by atoms with Crippen LogP contribution in [0, 0.1) is 13.8 Å². The van der Waals surface area contributed by atoms with Gasteiger partial charge < -0.3 is 10.1 Å². The molecule has 0 aliphatic carbocycles. The van der Waals surface area contributed by atoms with Crippen molar-refractivity contribution in [3.05, 3.63) is 27.7 Å². The van der Waals surface area contributed by atoms with Gasteiger partial charge in [0.25, 0.3) is 0 Å². The lowest BCUT2D eigenvalue weighted by Crippen LogP contribution is -2.26. The first-order valence-corrected chi connectivity index (χ1v) is 7.97. The minimum Gasteiger partial charge on any atom is -0.385 e. The molecule has 0 bridgehead atoms. The molecule has 106 valence electrons. The summed E-state index contributed by atoms with van der Waals surface area (Å²) in [4.78, 5) is 12.8. The highest BCUT2D eigenvalue weighted by Gasteiger charge is 2.06. The molecule has 1 aromatic carbocycles. The number of nitrogens with one attached hydrogen (secondary N) is 1. The van der Waals surface area contributed by atoms with Crippen LogP contribution in [0.3, 0.4) is 0 Å². The molecule has 5 heteroatoms. The summed E-state index contributed by atoms with van der Waals surface area (Å²) >= 11 is 5.09. The fourth-order valence-corrected chi connectivity index (χ4v) is 2.94. The van der Waals surface area contributed by atoms with Crippen LogP contribution in [0.15, 0.2) is 21.5 Å². The standard InChI is InChI=1S/C14H20BrNO2S/c1-10-8-13(11(2)7-12(10)15)19-9-14(17)16-5-4-6-18-3/h7-8H,4-6,9H2,1-3H3,(H,16,17). The molecule has 0 spiro atoms. The van der Waals surface area contributed by atoms with Crippen molar-refractivity contribution in [1.29, 1.82) is 0 Å². The summed E-state index contributed by atoms with van der Waals surface area (Å²) in [5.74, 6) is 0.524. The second-order valence-electron chi connectivity index (χ2n) is 4.35. The number of hydrogen-bond acceptors (Lipinski definition) is 3. The molecule has 0 heterocycles. The van der Waals surface area contributed by atoms with Crippen molar-refractivity contribution < 1.29 is 9.53 Å². The van der Waals surface area contributed by atoms with E-state index >= 15 is 0 Å². The van der Waals surface area contributed by atoms with Gasteiger partial charge in [-0.15, -0.1) is 11.8 Å². The van der Waals surface area contributed by atoms with Crippen LogP contribution in [-0.2, 0) is 9.53 Å². The predicted octanol–water partition coefficient (Wildman–Crippen LogP) is 3.31. The second kappa shape index (κ2) is 8.61. The average Bonchev–Trinajstić information content (AvgIpc) is 2.37. The Bertz CT molecular complexity index is 438. The molecule has 1 rings (SSSR count). The number of carbonyl (C=O) groups is 1. The molecule has 0 saturated carbocycles. The Balaban J connectivity index is 2.40. The van der Waals surface area contributed by atoms with Gasteiger partial charge in [0.15, 0.2) is 0 Å². The largest absolute Gasteiger partial charge is 0.385 e. The van der Waals surface area contributed by atoms with Gasteiger partial charge in [-0.3, -0.25) is 4.79 Å². The average molecular weight is 346 g/mol. The van der Waals surface area contributed by atoms with E-state index in [0.29, 0.717) is 18.9 Å². The fourth-order valence-electron chi connectivity index (χ4n) is 1.55. The van der Waals surface area contributed by atoms with E-state index in [4.69, 9.17) is 4.74 Å². The lowest BCUT2D eigenvalue weighted by molar-refractivity contribution is -0.118. The highest BCUT2D eigenvalue weighted by atomic mass is 79.9. The van der Waals surface area contributed by atoms with Gasteiger partial charge in [0.1, 0.15) is 0 Å². The monoisotopic (exact) mass is 345 g/mol. The zero-order valence-corrected chi connectivity index (χ0v) is 14.0. The minimum absolute atomic E-state index is 0.0704. The van der Waals surface area contributed by atoms with Gasteiger partial charge >= 0.3 is 0 Å². The Morgan fingerprint density at radius 3 is 2.79 bits per heavy atom. The van der Waals surface area contributed by atoms with Gasteiger partial charge in [-0.1, -0.05) is 15.9 Å². The maximum atomic E-state index is 11.7. The van der Waals surface area contributed by atoms with E-state index in [1.54, 1.807) is 18.9 Å². The molecule has 0 atom stereocenters. The van der Waals surface area contributed by atoms with E-state index < -0.39 is 0 Å². The van der Waals surface area contributed by atoms with Crippen molar-refractivity contribution in [3.8, 4) is 0 Å². The van der Waals surface area contributed by atoms with E-state index in [1.807, 2.05) is 0 Å². The summed E-state index contributed by atoms with van der Waals surface area (Å²) in [7, 11) is 1.66. The first-order chi connectivity index (χ1) is 9.04. The van der Waals surface area contributed by atoms with Crippen molar-refractivity contribution in [2.45, 2.75) is 25.2 Å². The molecule has 0 aromatic heterocycles. The van der Waals surface area contributed by atoms with Gasteiger partial charge in [-0.05, 0) is 43.5 Å². The summed E-state index contributed by atoms with van der Waals surface area (Å²) in [5.41, 5.74) is 2.38. The lowest BCUT2D eigenvalue weighted by Gasteiger charge is -2.09. The molecule has 0 aliphatic heterocycles. The van der Waals surface area contributed by atoms with Crippen LogP contribution in [0.2, 0.25) is 0 Å². The van der Waals surface area contributed by atoms with Crippen molar-refractivity contribution in [2.75, 3.05) is 26.0 Å². The number of benzene rings is 1. The smallest absolute Gasteiger partial charge is 0.230 e. The highest BCUT2D eigenvalue weighted by Crippen LogP contribution is 2.28. The van der Waals surface area contributed by atoms with Crippen LogP contribution in [0.1, 0.15) is 17.5 Å². The van der Waals surface area contributed by atoms with E-state index in [9.17, 15) is 4.79 Å². The van der Waals surface area contributed by atoms with Gasteiger partial charge in [0, 0.05) is 29.6 Å². The lowest BCUT2D eigenvalue weighted by atomic mass is 10.2. The van der Waals surface area contributed by atoms with Crippen LogP contribution in [0.25, 0.3) is 0 Å². The quantitative estimate of drug-likeness (QED) is 0.608. The zero-order valence-electron chi connectivity index (χ0n) is 11.6. The van der Waals surface area contributed by atoms with Crippen LogP contribution in [0.4, 0.5) is 0 Å². The number of aryl methyl sites for hydroxylation is 2. The Hall–Kier alpha value is -0.520. The molecule has 0 fully saturated rings.